The second-order valence-corrected chi connectivity index (χ2v) is 5.62. The molecule has 0 bridgehead atoms. The fraction of sp³-hybridized carbons (Fsp3) is 0.235. The van der Waals surface area contributed by atoms with Crippen LogP contribution in [0.4, 0.5) is 5.69 Å². The minimum absolute atomic E-state index is 0.306. The Morgan fingerprint density at radius 1 is 1.24 bits per heavy atom. The fourth-order valence-corrected chi connectivity index (χ4v) is 2.49. The molecule has 1 unspecified atom stereocenters. The molecular weight excluding hydrogens is 330 g/mol. The molecule has 0 aliphatic heterocycles. The van der Waals surface area contributed by atoms with E-state index in [0.29, 0.717) is 0 Å². The predicted octanol–water partition coefficient (Wildman–Crippen LogP) is 4.34. The molecule has 0 aromatic heterocycles. The van der Waals surface area contributed by atoms with Crippen molar-refractivity contribution >= 4 is 27.6 Å². The van der Waals surface area contributed by atoms with Gasteiger partial charge in [-0.1, -0.05) is 53.2 Å². The van der Waals surface area contributed by atoms with Gasteiger partial charge in [-0.15, -0.1) is 0 Å². The summed E-state index contributed by atoms with van der Waals surface area (Å²) >= 11 is 3.43. The monoisotopic (exact) mass is 347 g/mol. The van der Waals surface area contributed by atoms with Crippen LogP contribution in [0.5, 0.6) is 0 Å². The van der Waals surface area contributed by atoms with Gasteiger partial charge in [-0.05, 0) is 35.7 Å². The Bertz CT molecular complexity index is 610. The van der Waals surface area contributed by atoms with E-state index in [0.717, 1.165) is 22.1 Å². The van der Waals surface area contributed by atoms with Gasteiger partial charge in [0.15, 0.2) is 6.04 Å². The highest BCUT2D eigenvalue weighted by Gasteiger charge is 2.21. The van der Waals surface area contributed by atoms with Gasteiger partial charge in [0, 0.05) is 10.2 Å². The summed E-state index contributed by atoms with van der Waals surface area (Å²) < 4.78 is 5.87. The molecule has 1 atom stereocenters. The number of carbonyl (C=O) groups is 1. The summed E-state index contributed by atoms with van der Waals surface area (Å²) in [6, 6.07) is 15.2. The first kappa shape index (κ1) is 15.6. The van der Waals surface area contributed by atoms with Crippen LogP contribution in [0, 0.1) is 0 Å². The molecule has 0 aliphatic rings. The van der Waals surface area contributed by atoms with Crippen LogP contribution >= 0.6 is 15.9 Å². The number of hydrogen-bond acceptors (Lipinski definition) is 3. The van der Waals surface area contributed by atoms with E-state index in [-0.39, 0.29) is 5.97 Å². The molecule has 110 valence electrons. The summed E-state index contributed by atoms with van der Waals surface area (Å²) in [5.41, 5.74) is 2.99. The summed E-state index contributed by atoms with van der Waals surface area (Å²) in [4.78, 5) is 12.1. The lowest BCUT2D eigenvalue weighted by Crippen LogP contribution is -2.22. The van der Waals surface area contributed by atoms with E-state index in [1.807, 2.05) is 48.5 Å². The van der Waals surface area contributed by atoms with Crippen LogP contribution in [0.15, 0.2) is 53.0 Å². The average Bonchev–Trinajstić information content (AvgIpc) is 2.52. The molecule has 2 rings (SSSR count). The van der Waals surface area contributed by atoms with Crippen LogP contribution in [-0.2, 0) is 16.0 Å². The molecule has 0 saturated carbocycles. The van der Waals surface area contributed by atoms with E-state index >= 15 is 0 Å². The summed E-state index contributed by atoms with van der Waals surface area (Å²) in [5, 5.41) is 3.22. The number of aryl methyl sites for hydroxylation is 1. The highest BCUT2D eigenvalue weighted by atomic mass is 79.9. The quantitative estimate of drug-likeness (QED) is 0.817. The Morgan fingerprint density at radius 2 is 1.95 bits per heavy atom. The van der Waals surface area contributed by atoms with Crippen LogP contribution in [0.25, 0.3) is 0 Å². The van der Waals surface area contributed by atoms with Crippen LogP contribution in [0.3, 0.4) is 0 Å². The van der Waals surface area contributed by atoms with Gasteiger partial charge in [0.05, 0.1) is 7.11 Å². The number of methoxy groups -OCH3 is 1. The highest BCUT2D eigenvalue weighted by molar-refractivity contribution is 9.10. The Balaban J connectivity index is 2.27. The van der Waals surface area contributed by atoms with Crippen LogP contribution in [0.1, 0.15) is 24.1 Å². The lowest BCUT2D eigenvalue weighted by molar-refractivity contribution is -0.141. The average molecular weight is 348 g/mol. The third-order valence-electron chi connectivity index (χ3n) is 3.29. The number of esters is 1. The first-order valence-corrected chi connectivity index (χ1v) is 7.62. The number of anilines is 1. The Morgan fingerprint density at radius 3 is 2.52 bits per heavy atom. The van der Waals surface area contributed by atoms with E-state index < -0.39 is 6.04 Å². The van der Waals surface area contributed by atoms with E-state index in [2.05, 4.69) is 28.2 Å². The van der Waals surface area contributed by atoms with Gasteiger partial charge in [-0.25, -0.2) is 4.79 Å². The molecule has 0 amide bonds. The van der Waals surface area contributed by atoms with E-state index in [1.165, 1.54) is 12.7 Å². The van der Waals surface area contributed by atoms with Crippen molar-refractivity contribution in [1.82, 2.24) is 0 Å². The van der Waals surface area contributed by atoms with Crippen molar-refractivity contribution in [1.29, 1.82) is 0 Å². The number of benzene rings is 2. The van der Waals surface area contributed by atoms with Crippen molar-refractivity contribution in [2.24, 2.45) is 0 Å². The first-order chi connectivity index (χ1) is 10.1. The van der Waals surface area contributed by atoms with Crippen molar-refractivity contribution in [2.75, 3.05) is 12.4 Å². The number of nitrogens with one attached hydrogen (secondary N) is 1. The second-order valence-electron chi connectivity index (χ2n) is 4.71. The standard InChI is InChI=1S/C17H18BrNO2/c1-3-12-7-9-13(10-8-12)16(17(20)21-2)19-15-6-4-5-14(18)11-15/h4-11,16,19H,3H2,1-2H3. The van der Waals surface area contributed by atoms with Crippen molar-refractivity contribution < 1.29 is 9.53 Å². The van der Waals surface area contributed by atoms with Gasteiger partial charge < -0.3 is 10.1 Å². The van der Waals surface area contributed by atoms with Crippen LogP contribution in [0.2, 0.25) is 0 Å². The Labute approximate surface area is 133 Å². The number of rotatable bonds is 5. The zero-order valence-electron chi connectivity index (χ0n) is 12.1. The predicted molar refractivity (Wildman–Crippen MR) is 88.3 cm³/mol. The smallest absolute Gasteiger partial charge is 0.332 e. The van der Waals surface area contributed by atoms with Crippen molar-refractivity contribution in [3.63, 3.8) is 0 Å². The number of carbonyl (C=O) groups excluding carboxylic acids is 1. The summed E-state index contributed by atoms with van der Waals surface area (Å²) in [7, 11) is 1.40. The van der Waals surface area contributed by atoms with Gasteiger partial charge in [0.25, 0.3) is 0 Å². The molecule has 0 heterocycles. The van der Waals surface area contributed by atoms with E-state index in [9.17, 15) is 4.79 Å². The van der Waals surface area contributed by atoms with Crippen LogP contribution < -0.4 is 5.32 Å². The van der Waals surface area contributed by atoms with Crippen molar-refractivity contribution in [3.8, 4) is 0 Å². The van der Waals surface area contributed by atoms with E-state index in [1.54, 1.807) is 0 Å². The minimum atomic E-state index is -0.518. The molecule has 0 radical (unpaired) electrons. The maximum Gasteiger partial charge on any atom is 0.332 e. The lowest BCUT2D eigenvalue weighted by atomic mass is 10.0. The lowest BCUT2D eigenvalue weighted by Gasteiger charge is -2.18. The van der Waals surface area contributed by atoms with Gasteiger partial charge in [0.2, 0.25) is 0 Å². The minimum Gasteiger partial charge on any atom is -0.467 e. The van der Waals surface area contributed by atoms with Gasteiger partial charge >= 0.3 is 5.97 Å². The molecule has 4 heteroatoms. The molecule has 0 aliphatic carbocycles. The molecule has 0 fully saturated rings. The topological polar surface area (TPSA) is 38.3 Å². The normalized spacial score (nSPS) is 11.8. The SMILES string of the molecule is CCc1ccc(C(Nc2cccc(Br)c2)C(=O)OC)cc1. The molecule has 2 aromatic rings. The summed E-state index contributed by atoms with van der Waals surface area (Å²) in [6.45, 7) is 2.10. The molecule has 3 nitrogen and oxygen atoms in total. The second kappa shape index (κ2) is 7.27. The van der Waals surface area contributed by atoms with Gasteiger partial charge in [0.1, 0.15) is 0 Å². The van der Waals surface area contributed by atoms with Crippen LogP contribution in [-0.4, -0.2) is 13.1 Å². The maximum atomic E-state index is 12.1. The van der Waals surface area contributed by atoms with E-state index in [4.69, 9.17) is 4.74 Å². The summed E-state index contributed by atoms with van der Waals surface area (Å²) in [5.74, 6) is -0.306. The maximum absolute atomic E-state index is 12.1. The first-order valence-electron chi connectivity index (χ1n) is 6.82. The van der Waals surface area contributed by atoms with Crippen molar-refractivity contribution in [2.45, 2.75) is 19.4 Å². The highest BCUT2D eigenvalue weighted by Crippen LogP contribution is 2.23. The Hall–Kier alpha value is -1.81. The molecule has 21 heavy (non-hydrogen) atoms. The fourth-order valence-electron chi connectivity index (χ4n) is 2.09. The molecular formula is C17H18BrNO2. The van der Waals surface area contributed by atoms with Crippen molar-refractivity contribution in [3.05, 3.63) is 64.1 Å². The van der Waals surface area contributed by atoms with Gasteiger partial charge in [-0.3, -0.25) is 0 Å². The third-order valence-corrected chi connectivity index (χ3v) is 3.79. The zero-order chi connectivity index (χ0) is 15.2. The molecule has 0 spiro atoms. The molecule has 2 aromatic carbocycles. The molecule has 1 N–H and O–H groups in total. The van der Waals surface area contributed by atoms with Gasteiger partial charge in [-0.2, -0.15) is 0 Å². The largest absolute Gasteiger partial charge is 0.467 e. The summed E-state index contributed by atoms with van der Waals surface area (Å²) in [6.07, 6.45) is 0.974. The number of ether oxygens (including phenoxy) is 1. The molecule has 0 saturated heterocycles. The Kier molecular flexibility index (Phi) is 5.39. The number of halogens is 1. The number of hydrogen-bond donors (Lipinski definition) is 1. The third kappa shape index (κ3) is 4.08. The zero-order valence-corrected chi connectivity index (χ0v) is 13.7.